The highest BCUT2D eigenvalue weighted by atomic mass is 79.9. The third-order valence-corrected chi connectivity index (χ3v) is 5.19. The maximum Gasteiger partial charge on any atom is 0.320 e. The van der Waals surface area contributed by atoms with E-state index in [2.05, 4.69) is 21.2 Å². The number of carbonyl (C=O) groups is 1. The van der Waals surface area contributed by atoms with Crippen LogP contribution in [-0.2, 0) is 17.9 Å². The van der Waals surface area contributed by atoms with Crippen molar-refractivity contribution in [2.45, 2.75) is 40.0 Å². The first kappa shape index (κ1) is 23.4. The van der Waals surface area contributed by atoms with E-state index in [1.54, 1.807) is 12.1 Å². The van der Waals surface area contributed by atoms with Gasteiger partial charge in [-0.05, 0) is 58.6 Å². The van der Waals surface area contributed by atoms with Gasteiger partial charge in [-0.2, -0.15) is 0 Å². The number of hydrogen-bond donors (Lipinski definition) is 2. The Morgan fingerprint density at radius 1 is 1.31 bits per heavy atom. The second-order valence-electron chi connectivity index (χ2n) is 6.77. The van der Waals surface area contributed by atoms with E-state index in [1.807, 2.05) is 26.8 Å². The van der Waals surface area contributed by atoms with Gasteiger partial charge in [0.05, 0.1) is 16.1 Å². The zero-order valence-electron chi connectivity index (χ0n) is 16.5. The Kier molecular flexibility index (Phi) is 8.74. The molecule has 0 saturated carbocycles. The minimum absolute atomic E-state index is 0.0593. The maximum atomic E-state index is 14.0. The summed E-state index contributed by atoms with van der Waals surface area (Å²) in [4.78, 5) is 11.4. The van der Waals surface area contributed by atoms with Crippen molar-refractivity contribution in [3.63, 3.8) is 0 Å². The lowest BCUT2D eigenvalue weighted by atomic mass is 10.0. The topological polar surface area (TPSA) is 67.8 Å². The third-order valence-electron chi connectivity index (χ3n) is 4.25. The third kappa shape index (κ3) is 6.32. The molecule has 2 rings (SSSR count). The molecule has 0 amide bonds. The van der Waals surface area contributed by atoms with Crippen LogP contribution >= 0.6 is 27.5 Å². The molecule has 1 atom stereocenters. The lowest BCUT2D eigenvalue weighted by molar-refractivity contribution is -0.140. The van der Waals surface area contributed by atoms with E-state index in [4.69, 9.17) is 21.1 Å². The molecule has 2 aromatic rings. The van der Waals surface area contributed by atoms with Crippen LogP contribution in [-0.4, -0.2) is 23.7 Å². The smallest absolute Gasteiger partial charge is 0.320 e. The van der Waals surface area contributed by atoms with E-state index in [0.29, 0.717) is 29.1 Å². The van der Waals surface area contributed by atoms with Gasteiger partial charge in [-0.1, -0.05) is 31.5 Å². The van der Waals surface area contributed by atoms with Gasteiger partial charge in [0, 0.05) is 12.1 Å². The van der Waals surface area contributed by atoms with Crippen LogP contribution in [0.2, 0.25) is 5.02 Å². The van der Waals surface area contributed by atoms with Gasteiger partial charge in [-0.3, -0.25) is 4.79 Å². The average molecular weight is 489 g/mol. The first-order chi connectivity index (χ1) is 13.7. The van der Waals surface area contributed by atoms with Crippen LogP contribution in [0.15, 0.2) is 34.8 Å². The molecular formula is C21H24BrClFNO4. The van der Waals surface area contributed by atoms with E-state index in [1.165, 1.54) is 12.1 Å². The molecule has 2 aromatic carbocycles. The Balaban J connectivity index is 2.22. The Hall–Kier alpha value is -1.83. The highest BCUT2D eigenvalue weighted by Gasteiger charge is 2.21. The zero-order valence-corrected chi connectivity index (χ0v) is 18.8. The van der Waals surface area contributed by atoms with Crippen LogP contribution in [0.3, 0.4) is 0 Å². The summed E-state index contributed by atoms with van der Waals surface area (Å²) in [5, 5.41) is 12.6. The maximum absolute atomic E-state index is 14.0. The van der Waals surface area contributed by atoms with Crippen molar-refractivity contribution in [3.05, 3.63) is 56.8 Å². The number of halogens is 3. The summed E-state index contributed by atoms with van der Waals surface area (Å²) in [7, 11) is 0. The van der Waals surface area contributed by atoms with Crippen LogP contribution in [0.5, 0.6) is 11.5 Å². The summed E-state index contributed by atoms with van der Waals surface area (Å²) < 4.78 is 26.1. The van der Waals surface area contributed by atoms with Gasteiger partial charge >= 0.3 is 5.97 Å². The molecule has 0 aromatic heterocycles. The highest BCUT2D eigenvalue weighted by molar-refractivity contribution is 9.10. The molecule has 5 nitrogen and oxygen atoms in total. The standard InChI is InChI=1S/C21H24BrClFNO4/c1-4-28-18-9-13(10-25-19(12(2)3)21(26)27)8-15(22)20(18)29-11-14-16(23)6-5-7-17(14)24/h5-9,12,19,25H,4,10-11H2,1-3H3,(H,26,27). The predicted molar refractivity (Wildman–Crippen MR) is 114 cm³/mol. The van der Waals surface area contributed by atoms with Gasteiger partial charge in [0.2, 0.25) is 0 Å². The minimum atomic E-state index is -0.897. The molecule has 0 aliphatic carbocycles. The predicted octanol–water partition coefficient (Wildman–Crippen LogP) is 5.42. The molecule has 0 aliphatic rings. The SMILES string of the molecule is CCOc1cc(CNC(C(=O)O)C(C)C)cc(Br)c1OCc1c(F)cccc1Cl. The van der Waals surface area contributed by atoms with Gasteiger partial charge in [-0.15, -0.1) is 0 Å². The summed E-state index contributed by atoms with van der Waals surface area (Å²) in [6.07, 6.45) is 0. The lowest BCUT2D eigenvalue weighted by Crippen LogP contribution is -2.40. The summed E-state index contributed by atoms with van der Waals surface area (Å²) in [5.74, 6) is -0.502. The van der Waals surface area contributed by atoms with Gasteiger partial charge in [0.15, 0.2) is 11.5 Å². The number of carboxylic acids is 1. The number of aliphatic carboxylic acids is 1. The normalized spacial score (nSPS) is 12.1. The number of nitrogens with one attached hydrogen (secondary N) is 1. The van der Waals surface area contributed by atoms with Gasteiger partial charge in [0.25, 0.3) is 0 Å². The molecule has 158 valence electrons. The van der Waals surface area contributed by atoms with E-state index in [0.717, 1.165) is 5.56 Å². The fourth-order valence-electron chi connectivity index (χ4n) is 2.78. The summed E-state index contributed by atoms with van der Waals surface area (Å²) in [6, 6.07) is 7.39. The Morgan fingerprint density at radius 2 is 2.03 bits per heavy atom. The number of rotatable bonds is 10. The van der Waals surface area contributed by atoms with Crippen molar-refractivity contribution in [1.29, 1.82) is 0 Å². The molecule has 0 saturated heterocycles. The van der Waals surface area contributed by atoms with Gasteiger partial charge < -0.3 is 19.9 Å². The Morgan fingerprint density at radius 3 is 2.62 bits per heavy atom. The fourth-order valence-corrected chi connectivity index (χ4v) is 3.60. The number of benzene rings is 2. The van der Waals surface area contributed by atoms with E-state index < -0.39 is 17.8 Å². The van der Waals surface area contributed by atoms with Crippen molar-refractivity contribution >= 4 is 33.5 Å². The summed E-state index contributed by atoms with van der Waals surface area (Å²) in [5.41, 5.74) is 1.08. The van der Waals surface area contributed by atoms with E-state index >= 15 is 0 Å². The molecule has 0 spiro atoms. The summed E-state index contributed by atoms with van der Waals surface area (Å²) in [6.45, 7) is 6.22. The molecule has 0 heterocycles. The van der Waals surface area contributed by atoms with Crippen molar-refractivity contribution < 1.29 is 23.8 Å². The number of carboxylic acid groups (broad SMARTS) is 1. The van der Waals surface area contributed by atoms with Crippen LogP contribution in [0, 0.1) is 11.7 Å². The zero-order chi connectivity index (χ0) is 21.6. The second kappa shape index (κ2) is 10.8. The Bertz CT molecular complexity index is 843. The van der Waals surface area contributed by atoms with Crippen molar-refractivity contribution in [1.82, 2.24) is 5.32 Å². The van der Waals surface area contributed by atoms with E-state index in [-0.39, 0.29) is 23.1 Å². The van der Waals surface area contributed by atoms with Crippen LogP contribution in [0.25, 0.3) is 0 Å². The van der Waals surface area contributed by atoms with Gasteiger partial charge in [0.1, 0.15) is 18.5 Å². The fraction of sp³-hybridized carbons (Fsp3) is 0.381. The average Bonchev–Trinajstić information content (AvgIpc) is 2.62. The Labute approximate surface area is 183 Å². The second-order valence-corrected chi connectivity index (χ2v) is 8.03. The van der Waals surface area contributed by atoms with Gasteiger partial charge in [-0.25, -0.2) is 4.39 Å². The molecule has 8 heteroatoms. The quantitative estimate of drug-likeness (QED) is 0.467. The van der Waals surface area contributed by atoms with Crippen molar-refractivity contribution in [2.75, 3.05) is 6.61 Å². The highest BCUT2D eigenvalue weighted by Crippen LogP contribution is 2.38. The molecule has 0 aliphatic heterocycles. The monoisotopic (exact) mass is 487 g/mol. The molecule has 29 heavy (non-hydrogen) atoms. The van der Waals surface area contributed by atoms with Crippen LogP contribution in [0.4, 0.5) is 4.39 Å². The number of ether oxygens (including phenoxy) is 2. The van der Waals surface area contributed by atoms with Crippen LogP contribution in [0.1, 0.15) is 31.9 Å². The lowest BCUT2D eigenvalue weighted by Gasteiger charge is -2.19. The van der Waals surface area contributed by atoms with E-state index in [9.17, 15) is 14.3 Å². The van der Waals surface area contributed by atoms with Crippen molar-refractivity contribution in [3.8, 4) is 11.5 Å². The van der Waals surface area contributed by atoms with Crippen molar-refractivity contribution in [2.24, 2.45) is 5.92 Å². The molecule has 2 N–H and O–H groups in total. The molecule has 0 radical (unpaired) electrons. The molecular weight excluding hydrogens is 465 g/mol. The molecule has 0 bridgehead atoms. The largest absolute Gasteiger partial charge is 0.490 e. The summed E-state index contributed by atoms with van der Waals surface area (Å²) >= 11 is 9.53. The number of hydrogen-bond acceptors (Lipinski definition) is 4. The first-order valence-electron chi connectivity index (χ1n) is 9.21. The molecule has 1 unspecified atom stereocenters. The minimum Gasteiger partial charge on any atom is -0.490 e. The van der Waals surface area contributed by atoms with Crippen LogP contribution < -0.4 is 14.8 Å². The first-order valence-corrected chi connectivity index (χ1v) is 10.4. The molecule has 0 fully saturated rings.